The van der Waals surface area contributed by atoms with Crippen molar-refractivity contribution in [1.29, 1.82) is 0 Å². The van der Waals surface area contributed by atoms with E-state index in [0.717, 1.165) is 12.1 Å². The summed E-state index contributed by atoms with van der Waals surface area (Å²) in [6.45, 7) is 6.30. The zero-order valence-electron chi connectivity index (χ0n) is 12.2. The SMILES string of the molecule is CC(C)(C)c1cc(NC(=O)CCc2ccccc2)n[nH]1. The first-order valence-corrected chi connectivity index (χ1v) is 6.85. The Balaban J connectivity index is 1.87. The van der Waals surface area contributed by atoms with Crippen LogP contribution in [0.2, 0.25) is 0 Å². The lowest BCUT2D eigenvalue weighted by molar-refractivity contribution is -0.116. The molecule has 0 aliphatic rings. The molecule has 2 N–H and O–H groups in total. The molecule has 0 unspecified atom stereocenters. The van der Waals surface area contributed by atoms with Crippen LogP contribution < -0.4 is 5.32 Å². The summed E-state index contributed by atoms with van der Waals surface area (Å²) in [5.74, 6) is 0.578. The van der Waals surface area contributed by atoms with Crippen LogP contribution in [0.5, 0.6) is 0 Å². The maximum Gasteiger partial charge on any atom is 0.225 e. The lowest BCUT2D eigenvalue weighted by Gasteiger charge is -2.14. The Labute approximate surface area is 119 Å². The molecule has 4 nitrogen and oxygen atoms in total. The van der Waals surface area contributed by atoms with Crippen LogP contribution in [0.15, 0.2) is 36.4 Å². The number of carbonyl (C=O) groups is 1. The zero-order valence-corrected chi connectivity index (χ0v) is 12.2. The maximum atomic E-state index is 11.9. The van der Waals surface area contributed by atoms with Gasteiger partial charge < -0.3 is 5.32 Å². The lowest BCUT2D eigenvalue weighted by Crippen LogP contribution is -2.13. The van der Waals surface area contributed by atoms with Gasteiger partial charge in [-0.15, -0.1) is 0 Å². The van der Waals surface area contributed by atoms with Crippen LogP contribution in [-0.2, 0) is 16.6 Å². The predicted octanol–water partition coefficient (Wildman–Crippen LogP) is 3.28. The van der Waals surface area contributed by atoms with Gasteiger partial charge in [0.05, 0.1) is 0 Å². The van der Waals surface area contributed by atoms with E-state index in [1.807, 2.05) is 36.4 Å². The number of hydrogen-bond donors (Lipinski definition) is 2. The van der Waals surface area contributed by atoms with Crippen LogP contribution in [0.25, 0.3) is 0 Å². The maximum absolute atomic E-state index is 11.9. The molecule has 2 rings (SSSR count). The normalized spacial score (nSPS) is 11.3. The molecule has 106 valence electrons. The van der Waals surface area contributed by atoms with Crippen molar-refractivity contribution < 1.29 is 4.79 Å². The summed E-state index contributed by atoms with van der Waals surface area (Å²) in [6.07, 6.45) is 1.20. The van der Waals surface area contributed by atoms with Gasteiger partial charge in [-0.3, -0.25) is 9.89 Å². The smallest absolute Gasteiger partial charge is 0.225 e. The molecule has 0 spiro atoms. The van der Waals surface area contributed by atoms with Crippen LogP contribution in [0.1, 0.15) is 38.4 Å². The standard InChI is InChI=1S/C16H21N3O/c1-16(2,3)13-11-14(19-18-13)17-15(20)10-9-12-7-5-4-6-8-12/h4-8,11H,9-10H2,1-3H3,(H2,17,18,19,20). The molecule has 1 heterocycles. The second kappa shape index (κ2) is 5.90. The van der Waals surface area contributed by atoms with Gasteiger partial charge in [-0.05, 0) is 12.0 Å². The minimum Gasteiger partial charge on any atom is -0.309 e. The van der Waals surface area contributed by atoms with Crippen molar-refractivity contribution in [3.63, 3.8) is 0 Å². The first-order valence-electron chi connectivity index (χ1n) is 6.85. The fourth-order valence-electron chi connectivity index (χ4n) is 1.88. The average Bonchev–Trinajstić information content (AvgIpc) is 2.86. The number of nitrogens with zero attached hydrogens (tertiary/aromatic N) is 1. The molecule has 0 saturated heterocycles. The number of aryl methyl sites for hydroxylation is 1. The Hall–Kier alpha value is -2.10. The Morgan fingerprint density at radius 3 is 2.55 bits per heavy atom. The highest BCUT2D eigenvalue weighted by molar-refractivity contribution is 5.89. The van der Waals surface area contributed by atoms with Crippen molar-refractivity contribution in [1.82, 2.24) is 10.2 Å². The second-order valence-corrected chi connectivity index (χ2v) is 5.95. The molecule has 2 aromatic rings. The summed E-state index contributed by atoms with van der Waals surface area (Å²) in [5.41, 5.74) is 2.18. The number of carbonyl (C=O) groups excluding carboxylic acids is 1. The van der Waals surface area contributed by atoms with E-state index in [4.69, 9.17) is 0 Å². The van der Waals surface area contributed by atoms with E-state index in [1.54, 1.807) is 0 Å². The Bertz CT molecular complexity index is 567. The number of hydrogen-bond acceptors (Lipinski definition) is 2. The first kappa shape index (κ1) is 14.3. The van der Waals surface area contributed by atoms with Gasteiger partial charge in [0.15, 0.2) is 5.82 Å². The Kier molecular flexibility index (Phi) is 4.23. The topological polar surface area (TPSA) is 57.8 Å². The number of anilines is 1. The number of aromatic nitrogens is 2. The number of nitrogens with one attached hydrogen (secondary N) is 2. The predicted molar refractivity (Wildman–Crippen MR) is 80.7 cm³/mol. The van der Waals surface area contributed by atoms with Gasteiger partial charge in [0, 0.05) is 23.6 Å². The largest absolute Gasteiger partial charge is 0.309 e. The molecule has 20 heavy (non-hydrogen) atoms. The van der Waals surface area contributed by atoms with E-state index < -0.39 is 0 Å². The summed E-state index contributed by atoms with van der Waals surface area (Å²) >= 11 is 0. The fraction of sp³-hybridized carbons (Fsp3) is 0.375. The monoisotopic (exact) mass is 271 g/mol. The van der Waals surface area contributed by atoms with Gasteiger partial charge in [0.1, 0.15) is 0 Å². The van der Waals surface area contributed by atoms with Gasteiger partial charge in [0.2, 0.25) is 5.91 Å². The quantitative estimate of drug-likeness (QED) is 0.896. The molecule has 1 amide bonds. The molecular weight excluding hydrogens is 250 g/mol. The summed E-state index contributed by atoms with van der Waals surface area (Å²) in [6, 6.07) is 11.9. The van der Waals surface area contributed by atoms with Gasteiger partial charge in [-0.1, -0.05) is 51.1 Å². The number of rotatable bonds is 4. The second-order valence-electron chi connectivity index (χ2n) is 5.95. The molecule has 0 fully saturated rings. The van der Waals surface area contributed by atoms with Crippen LogP contribution in [0.3, 0.4) is 0 Å². The van der Waals surface area contributed by atoms with E-state index in [1.165, 1.54) is 5.56 Å². The van der Waals surface area contributed by atoms with Crippen molar-refractivity contribution in [2.45, 2.75) is 39.0 Å². The van der Waals surface area contributed by atoms with Gasteiger partial charge in [0.25, 0.3) is 0 Å². The van der Waals surface area contributed by atoms with Gasteiger partial charge in [-0.2, -0.15) is 5.10 Å². The molecule has 1 aromatic carbocycles. The minimum absolute atomic E-state index is 0.0000161. The number of H-pyrrole nitrogens is 1. The minimum atomic E-state index is -0.0131. The summed E-state index contributed by atoms with van der Waals surface area (Å²) in [5, 5.41) is 9.90. The van der Waals surface area contributed by atoms with Crippen molar-refractivity contribution in [2.24, 2.45) is 0 Å². The van der Waals surface area contributed by atoms with Crippen molar-refractivity contribution in [2.75, 3.05) is 5.32 Å². The zero-order chi connectivity index (χ0) is 14.6. The van der Waals surface area contributed by atoms with Crippen LogP contribution >= 0.6 is 0 Å². The molecule has 4 heteroatoms. The summed E-state index contributed by atoms with van der Waals surface area (Å²) in [7, 11) is 0. The lowest BCUT2D eigenvalue weighted by atomic mass is 9.92. The average molecular weight is 271 g/mol. The molecule has 0 aliphatic carbocycles. The third-order valence-corrected chi connectivity index (χ3v) is 3.14. The van der Waals surface area contributed by atoms with Crippen LogP contribution in [0, 0.1) is 0 Å². The third-order valence-electron chi connectivity index (χ3n) is 3.14. The molecular formula is C16H21N3O. The molecule has 0 saturated carbocycles. The van der Waals surface area contributed by atoms with Gasteiger partial charge in [-0.25, -0.2) is 0 Å². The Morgan fingerprint density at radius 1 is 1.25 bits per heavy atom. The molecule has 1 aromatic heterocycles. The number of amides is 1. The highest BCUT2D eigenvalue weighted by atomic mass is 16.1. The molecule has 0 aliphatic heterocycles. The van der Waals surface area contributed by atoms with E-state index >= 15 is 0 Å². The van der Waals surface area contributed by atoms with E-state index in [0.29, 0.717) is 12.2 Å². The van der Waals surface area contributed by atoms with Crippen molar-refractivity contribution in [3.05, 3.63) is 47.7 Å². The van der Waals surface area contributed by atoms with Crippen LogP contribution in [-0.4, -0.2) is 16.1 Å². The van der Waals surface area contributed by atoms with Crippen molar-refractivity contribution >= 4 is 11.7 Å². The van der Waals surface area contributed by atoms with Crippen LogP contribution in [0.4, 0.5) is 5.82 Å². The van der Waals surface area contributed by atoms with Gasteiger partial charge >= 0.3 is 0 Å². The highest BCUT2D eigenvalue weighted by Gasteiger charge is 2.17. The highest BCUT2D eigenvalue weighted by Crippen LogP contribution is 2.21. The van der Waals surface area contributed by atoms with Crippen molar-refractivity contribution in [3.8, 4) is 0 Å². The molecule has 0 bridgehead atoms. The Morgan fingerprint density at radius 2 is 1.95 bits per heavy atom. The first-order chi connectivity index (χ1) is 9.45. The molecule has 0 radical (unpaired) electrons. The number of benzene rings is 1. The number of aromatic amines is 1. The van der Waals surface area contributed by atoms with E-state index in [9.17, 15) is 4.79 Å². The third kappa shape index (κ3) is 3.95. The summed E-state index contributed by atoms with van der Waals surface area (Å²) < 4.78 is 0. The molecule has 0 atom stereocenters. The van der Waals surface area contributed by atoms with E-state index in [2.05, 4.69) is 36.3 Å². The van der Waals surface area contributed by atoms with E-state index in [-0.39, 0.29) is 11.3 Å². The fourth-order valence-corrected chi connectivity index (χ4v) is 1.88. The summed E-state index contributed by atoms with van der Waals surface area (Å²) in [4.78, 5) is 11.9.